The number of hydrogen-bond donors (Lipinski definition) is 0. The number of rotatable bonds is 7. The van der Waals surface area contributed by atoms with E-state index in [4.69, 9.17) is 0 Å². The highest BCUT2D eigenvalue weighted by Crippen LogP contribution is 2.47. The zero-order valence-electron chi connectivity index (χ0n) is 34.6. The van der Waals surface area contributed by atoms with Crippen LogP contribution in [0.4, 0.5) is 17.1 Å². The van der Waals surface area contributed by atoms with Gasteiger partial charge in [-0.3, -0.25) is 0 Å². The van der Waals surface area contributed by atoms with Crippen LogP contribution in [0.25, 0.3) is 98.4 Å². The fraction of sp³-hybridized carbons (Fsp3) is 0. The Labute approximate surface area is 367 Å². The van der Waals surface area contributed by atoms with Crippen molar-refractivity contribution in [1.82, 2.24) is 0 Å². The number of anilines is 3. The van der Waals surface area contributed by atoms with Gasteiger partial charge in [-0.1, -0.05) is 206 Å². The first-order chi connectivity index (χ1) is 31.2. The lowest BCUT2D eigenvalue weighted by Gasteiger charge is -2.27. The average molecular weight is 800 g/mol. The third-order valence-electron chi connectivity index (χ3n) is 12.8. The zero-order valence-corrected chi connectivity index (χ0v) is 34.6. The van der Waals surface area contributed by atoms with Crippen LogP contribution in [-0.2, 0) is 0 Å². The maximum absolute atomic E-state index is 2.43. The van der Waals surface area contributed by atoms with Crippen molar-refractivity contribution in [2.24, 2.45) is 0 Å². The molecule has 1 nitrogen and oxygen atoms in total. The Hall–Kier alpha value is -8.26. The van der Waals surface area contributed by atoms with Crippen molar-refractivity contribution in [1.29, 1.82) is 0 Å². The van der Waals surface area contributed by atoms with Crippen molar-refractivity contribution in [3.05, 3.63) is 249 Å². The maximum atomic E-state index is 2.43. The fourth-order valence-corrected chi connectivity index (χ4v) is 9.85. The smallest absolute Gasteiger partial charge is 0.0468 e. The highest BCUT2D eigenvalue weighted by Gasteiger charge is 2.21. The van der Waals surface area contributed by atoms with E-state index < -0.39 is 0 Å². The molecule has 12 aromatic carbocycles. The second-order valence-electron chi connectivity index (χ2n) is 16.4. The average Bonchev–Trinajstić information content (AvgIpc) is 3.36. The van der Waals surface area contributed by atoms with Crippen molar-refractivity contribution >= 4 is 70.9 Å². The Bertz CT molecular complexity index is 3660. The molecule has 12 aromatic rings. The molecule has 63 heavy (non-hydrogen) atoms. The summed E-state index contributed by atoms with van der Waals surface area (Å²) in [4.78, 5) is 2.43. The topological polar surface area (TPSA) is 3.24 Å². The highest BCUT2D eigenvalue weighted by atomic mass is 15.1. The quantitative estimate of drug-likeness (QED) is 0.145. The summed E-state index contributed by atoms with van der Waals surface area (Å²) < 4.78 is 0. The zero-order chi connectivity index (χ0) is 41.7. The number of hydrogen-bond acceptors (Lipinski definition) is 1. The molecular formula is C62H41N. The van der Waals surface area contributed by atoms with E-state index in [-0.39, 0.29) is 0 Å². The maximum Gasteiger partial charge on any atom is 0.0468 e. The molecule has 0 atom stereocenters. The van der Waals surface area contributed by atoms with Gasteiger partial charge in [-0.15, -0.1) is 0 Å². The third kappa shape index (κ3) is 6.42. The molecule has 0 N–H and O–H groups in total. The van der Waals surface area contributed by atoms with Crippen LogP contribution in [0.5, 0.6) is 0 Å². The molecule has 0 unspecified atom stereocenters. The van der Waals surface area contributed by atoms with Crippen LogP contribution in [-0.4, -0.2) is 0 Å². The molecule has 0 aliphatic carbocycles. The number of nitrogens with zero attached hydrogens (tertiary/aromatic N) is 1. The van der Waals surface area contributed by atoms with Gasteiger partial charge in [0.15, 0.2) is 0 Å². The summed E-state index contributed by atoms with van der Waals surface area (Å²) in [6.07, 6.45) is 0. The lowest BCUT2D eigenvalue weighted by molar-refractivity contribution is 1.29. The minimum absolute atomic E-state index is 1.09. The first-order valence-corrected chi connectivity index (χ1v) is 21.7. The molecule has 0 fully saturated rings. The first-order valence-electron chi connectivity index (χ1n) is 21.7. The summed E-state index contributed by atoms with van der Waals surface area (Å²) in [7, 11) is 0. The van der Waals surface area contributed by atoms with Crippen molar-refractivity contribution in [3.63, 3.8) is 0 Å². The Kier molecular flexibility index (Phi) is 8.90. The fourth-order valence-electron chi connectivity index (χ4n) is 9.85. The molecule has 0 heterocycles. The molecule has 0 bridgehead atoms. The van der Waals surface area contributed by atoms with E-state index in [0.717, 1.165) is 17.1 Å². The summed E-state index contributed by atoms with van der Waals surface area (Å²) in [5, 5.41) is 12.5. The Balaban J connectivity index is 1.08. The number of benzene rings is 12. The standard InChI is InChI=1S/C62H41N/c1-3-17-45(18-4-1)61-59-26-12-11-25-56(59)58-38-36-52(41-60(58)62(61)46-19-5-2-6-20-46)63(51-23-13-22-48(40-51)49-30-29-42-15-7-8-21-47(42)39-49)50-34-31-44(32-35-50)54-27-14-28-55-53-24-10-9-16-43(53)33-37-57(54)55/h1-41H. The van der Waals surface area contributed by atoms with Gasteiger partial charge in [0.05, 0.1) is 0 Å². The molecule has 0 amide bonds. The largest absolute Gasteiger partial charge is 0.310 e. The van der Waals surface area contributed by atoms with E-state index in [9.17, 15) is 0 Å². The minimum atomic E-state index is 1.09. The summed E-state index contributed by atoms with van der Waals surface area (Å²) >= 11 is 0. The normalized spacial score (nSPS) is 11.5. The summed E-state index contributed by atoms with van der Waals surface area (Å²) in [6.45, 7) is 0. The molecule has 0 aromatic heterocycles. The van der Waals surface area contributed by atoms with Crippen LogP contribution in [0.2, 0.25) is 0 Å². The summed E-state index contributed by atoms with van der Waals surface area (Å²) in [5.74, 6) is 0. The van der Waals surface area contributed by atoms with Gasteiger partial charge in [0, 0.05) is 17.1 Å². The van der Waals surface area contributed by atoms with Crippen molar-refractivity contribution in [2.75, 3.05) is 4.90 Å². The Morgan fingerprint density at radius 1 is 0.206 bits per heavy atom. The van der Waals surface area contributed by atoms with Crippen LogP contribution in [0.15, 0.2) is 249 Å². The summed E-state index contributed by atoms with van der Waals surface area (Å²) in [5.41, 5.74) is 12.9. The second-order valence-corrected chi connectivity index (χ2v) is 16.4. The van der Waals surface area contributed by atoms with E-state index in [1.807, 2.05) is 0 Å². The van der Waals surface area contributed by atoms with Crippen LogP contribution < -0.4 is 4.90 Å². The molecule has 0 radical (unpaired) electrons. The molecule has 12 rings (SSSR count). The van der Waals surface area contributed by atoms with E-state index in [0.29, 0.717) is 0 Å². The lowest BCUT2D eigenvalue weighted by Crippen LogP contribution is -2.10. The lowest BCUT2D eigenvalue weighted by atomic mass is 9.85. The SMILES string of the molecule is c1ccc(-c2c(-c3ccccc3)c3cc(N(c4ccc(-c5cccc6c5ccc5ccccc56)cc4)c4cccc(-c5ccc6ccccc6c5)c4)ccc3c3ccccc23)cc1. The van der Waals surface area contributed by atoms with Gasteiger partial charge in [0.1, 0.15) is 0 Å². The van der Waals surface area contributed by atoms with Crippen LogP contribution in [0.1, 0.15) is 0 Å². The van der Waals surface area contributed by atoms with E-state index in [2.05, 4.69) is 254 Å². The van der Waals surface area contributed by atoms with Crippen LogP contribution in [0, 0.1) is 0 Å². The van der Waals surface area contributed by atoms with Crippen molar-refractivity contribution < 1.29 is 0 Å². The minimum Gasteiger partial charge on any atom is -0.310 e. The van der Waals surface area contributed by atoms with Gasteiger partial charge in [-0.25, -0.2) is 0 Å². The summed E-state index contributed by atoms with van der Waals surface area (Å²) in [6, 6.07) is 91.1. The molecular weight excluding hydrogens is 759 g/mol. The van der Waals surface area contributed by atoms with Gasteiger partial charge in [-0.05, 0) is 141 Å². The molecule has 0 saturated heterocycles. The predicted molar refractivity (Wildman–Crippen MR) is 270 cm³/mol. The van der Waals surface area contributed by atoms with Crippen LogP contribution in [0.3, 0.4) is 0 Å². The molecule has 0 spiro atoms. The molecule has 0 aliphatic rings. The van der Waals surface area contributed by atoms with Gasteiger partial charge in [0.2, 0.25) is 0 Å². The Morgan fingerprint density at radius 2 is 0.698 bits per heavy atom. The van der Waals surface area contributed by atoms with Gasteiger partial charge in [0.25, 0.3) is 0 Å². The van der Waals surface area contributed by atoms with Gasteiger partial charge < -0.3 is 4.90 Å². The molecule has 1 heteroatoms. The molecule has 0 aliphatic heterocycles. The van der Waals surface area contributed by atoms with Crippen molar-refractivity contribution in [3.8, 4) is 44.5 Å². The second kappa shape index (κ2) is 15.3. The predicted octanol–water partition coefficient (Wildman–Crippen LogP) is 17.6. The van der Waals surface area contributed by atoms with E-state index in [1.54, 1.807) is 0 Å². The third-order valence-corrected chi connectivity index (χ3v) is 12.8. The van der Waals surface area contributed by atoms with E-state index >= 15 is 0 Å². The Morgan fingerprint density at radius 3 is 1.48 bits per heavy atom. The monoisotopic (exact) mass is 799 g/mol. The van der Waals surface area contributed by atoms with E-state index in [1.165, 1.54) is 98.4 Å². The molecule has 0 saturated carbocycles. The van der Waals surface area contributed by atoms with Gasteiger partial charge in [-0.2, -0.15) is 0 Å². The highest BCUT2D eigenvalue weighted by molar-refractivity contribution is 6.22. The number of fused-ring (bicyclic) bond motifs is 7. The van der Waals surface area contributed by atoms with Crippen LogP contribution >= 0.6 is 0 Å². The van der Waals surface area contributed by atoms with Crippen molar-refractivity contribution in [2.45, 2.75) is 0 Å². The molecule has 294 valence electrons. The van der Waals surface area contributed by atoms with Gasteiger partial charge >= 0.3 is 0 Å². The first kappa shape index (κ1) is 36.6.